The summed E-state index contributed by atoms with van der Waals surface area (Å²) < 4.78 is 0. The van der Waals surface area contributed by atoms with E-state index >= 15 is 0 Å². The van der Waals surface area contributed by atoms with E-state index in [1.807, 2.05) is 6.92 Å². The van der Waals surface area contributed by atoms with Crippen molar-refractivity contribution in [2.75, 3.05) is 26.2 Å². The van der Waals surface area contributed by atoms with Gasteiger partial charge < -0.3 is 20.2 Å². The minimum atomic E-state index is -0.651. The monoisotopic (exact) mass is 189 g/mol. The van der Waals surface area contributed by atoms with Crippen molar-refractivity contribution in [3.8, 4) is 0 Å². The fraction of sp³-hybridized carbons (Fsp3) is 1.00. The molecule has 1 rings (SSSR count). The minimum Gasteiger partial charge on any atom is -0.394 e. The van der Waals surface area contributed by atoms with Gasteiger partial charge in [-0.3, -0.25) is 0 Å². The van der Waals surface area contributed by atoms with E-state index in [-0.39, 0.29) is 18.6 Å². The largest absolute Gasteiger partial charge is 0.394 e. The Labute approximate surface area is 78.8 Å². The Morgan fingerprint density at radius 2 is 2.23 bits per heavy atom. The molecule has 1 heterocycles. The Morgan fingerprint density at radius 1 is 1.54 bits per heavy atom. The second kappa shape index (κ2) is 4.91. The van der Waals surface area contributed by atoms with Crippen LogP contribution >= 0.6 is 0 Å². The lowest BCUT2D eigenvalue weighted by Crippen LogP contribution is -2.45. The van der Waals surface area contributed by atoms with Crippen molar-refractivity contribution in [2.45, 2.75) is 25.6 Å². The first-order chi connectivity index (χ1) is 6.13. The molecule has 1 saturated heterocycles. The number of nitrogens with zero attached hydrogens (tertiary/aromatic N) is 1. The highest BCUT2D eigenvalue weighted by Crippen LogP contribution is 2.16. The predicted octanol–water partition coefficient (Wildman–Crippen LogP) is -0.958. The van der Waals surface area contributed by atoms with Crippen molar-refractivity contribution in [1.29, 1.82) is 0 Å². The molecule has 0 saturated carbocycles. The van der Waals surface area contributed by atoms with Crippen molar-refractivity contribution in [2.24, 2.45) is 5.92 Å². The zero-order valence-electron chi connectivity index (χ0n) is 8.06. The first-order valence-electron chi connectivity index (χ1n) is 4.82. The summed E-state index contributed by atoms with van der Waals surface area (Å²) in [7, 11) is 0. The summed E-state index contributed by atoms with van der Waals surface area (Å²) in [4.78, 5) is 2.08. The summed E-state index contributed by atoms with van der Waals surface area (Å²) >= 11 is 0. The van der Waals surface area contributed by atoms with Crippen LogP contribution in [-0.4, -0.2) is 58.7 Å². The molecule has 4 nitrogen and oxygen atoms in total. The summed E-state index contributed by atoms with van der Waals surface area (Å²) in [6.45, 7) is 3.93. The van der Waals surface area contributed by atoms with Gasteiger partial charge in [-0.1, -0.05) is 6.92 Å². The third-order valence-corrected chi connectivity index (χ3v) is 2.62. The molecule has 1 fully saturated rings. The SMILES string of the molecule is CC1CN(CC(O)CO)CCC1O. The maximum Gasteiger partial charge on any atom is 0.0897 e. The Hall–Kier alpha value is -0.160. The van der Waals surface area contributed by atoms with Gasteiger partial charge in [0.25, 0.3) is 0 Å². The van der Waals surface area contributed by atoms with E-state index in [2.05, 4.69) is 4.90 Å². The molecule has 0 aromatic rings. The Bertz CT molecular complexity index is 152. The molecule has 3 atom stereocenters. The van der Waals surface area contributed by atoms with Gasteiger partial charge in [-0.05, 0) is 12.3 Å². The van der Waals surface area contributed by atoms with E-state index in [9.17, 15) is 10.2 Å². The van der Waals surface area contributed by atoms with Crippen molar-refractivity contribution in [1.82, 2.24) is 4.90 Å². The van der Waals surface area contributed by atoms with E-state index in [0.29, 0.717) is 6.54 Å². The molecule has 3 N–H and O–H groups in total. The molecule has 1 aliphatic rings. The van der Waals surface area contributed by atoms with Gasteiger partial charge >= 0.3 is 0 Å². The molecule has 13 heavy (non-hydrogen) atoms. The highest BCUT2D eigenvalue weighted by Gasteiger charge is 2.24. The molecular weight excluding hydrogens is 170 g/mol. The Balaban J connectivity index is 2.29. The van der Waals surface area contributed by atoms with Crippen LogP contribution in [0.5, 0.6) is 0 Å². The van der Waals surface area contributed by atoms with E-state index < -0.39 is 6.10 Å². The summed E-state index contributed by atoms with van der Waals surface area (Å²) in [5, 5.41) is 27.3. The van der Waals surface area contributed by atoms with Crippen LogP contribution in [0.1, 0.15) is 13.3 Å². The third kappa shape index (κ3) is 3.23. The van der Waals surface area contributed by atoms with E-state index in [0.717, 1.165) is 19.5 Å². The zero-order valence-corrected chi connectivity index (χ0v) is 8.06. The highest BCUT2D eigenvalue weighted by molar-refractivity contribution is 4.78. The van der Waals surface area contributed by atoms with Crippen LogP contribution in [0.3, 0.4) is 0 Å². The number of hydrogen-bond donors (Lipinski definition) is 3. The summed E-state index contributed by atoms with van der Waals surface area (Å²) in [6, 6.07) is 0. The van der Waals surface area contributed by atoms with Crippen molar-refractivity contribution in [3.05, 3.63) is 0 Å². The smallest absolute Gasteiger partial charge is 0.0897 e. The fourth-order valence-electron chi connectivity index (χ4n) is 1.74. The summed E-state index contributed by atoms with van der Waals surface area (Å²) in [5.41, 5.74) is 0. The molecule has 0 aromatic carbocycles. The average molecular weight is 189 g/mol. The molecule has 0 aromatic heterocycles. The van der Waals surface area contributed by atoms with Crippen LogP contribution in [0.15, 0.2) is 0 Å². The van der Waals surface area contributed by atoms with Gasteiger partial charge in [0.05, 0.1) is 18.8 Å². The highest BCUT2D eigenvalue weighted by atomic mass is 16.3. The van der Waals surface area contributed by atoms with Crippen LogP contribution in [0.2, 0.25) is 0 Å². The molecule has 0 amide bonds. The van der Waals surface area contributed by atoms with Crippen LogP contribution in [-0.2, 0) is 0 Å². The van der Waals surface area contributed by atoms with Crippen LogP contribution in [0, 0.1) is 5.92 Å². The molecular formula is C9H19NO3. The van der Waals surface area contributed by atoms with Crippen molar-refractivity contribution in [3.63, 3.8) is 0 Å². The standard InChI is InChI=1S/C9H19NO3/c1-7-4-10(3-2-9(7)13)5-8(12)6-11/h7-9,11-13H,2-6H2,1H3. The van der Waals surface area contributed by atoms with Gasteiger partial charge in [0, 0.05) is 19.6 Å². The average Bonchev–Trinajstić information content (AvgIpc) is 2.11. The molecule has 0 spiro atoms. The molecule has 0 aliphatic carbocycles. The topological polar surface area (TPSA) is 63.9 Å². The number of rotatable bonds is 3. The minimum absolute atomic E-state index is 0.187. The van der Waals surface area contributed by atoms with Crippen LogP contribution in [0.25, 0.3) is 0 Å². The lowest BCUT2D eigenvalue weighted by molar-refractivity contribution is 0.00308. The quantitative estimate of drug-likeness (QED) is 0.535. The summed E-state index contributed by atoms with van der Waals surface area (Å²) in [5.74, 6) is 0.264. The number of hydrogen-bond acceptors (Lipinski definition) is 4. The number of β-amino-alcohol motifs (C(OH)–C–C–N with tert-alkyl or cyclic N) is 1. The van der Waals surface area contributed by atoms with E-state index in [1.54, 1.807) is 0 Å². The van der Waals surface area contributed by atoms with Gasteiger partial charge in [-0.25, -0.2) is 0 Å². The second-order valence-electron chi connectivity index (χ2n) is 3.93. The zero-order chi connectivity index (χ0) is 9.84. The molecule has 0 bridgehead atoms. The molecule has 1 aliphatic heterocycles. The van der Waals surface area contributed by atoms with Gasteiger partial charge in [-0.15, -0.1) is 0 Å². The maximum atomic E-state index is 9.45. The second-order valence-corrected chi connectivity index (χ2v) is 3.93. The number of aliphatic hydroxyl groups excluding tert-OH is 3. The first kappa shape index (κ1) is 10.9. The van der Waals surface area contributed by atoms with Crippen molar-refractivity contribution >= 4 is 0 Å². The molecule has 3 unspecified atom stereocenters. The predicted molar refractivity (Wildman–Crippen MR) is 49.3 cm³/mol. The lowest BCUT2D eigenvalue weighted by Gasteiger charge is -2.35. The van der Waals surface area contributed by atoms with E-state index in [1.165, 1.54) is 0 Å². The molecule has 78 valence electrons. The van der Waals surface area contributed by atoms with Gasteiger partial charge in [-0.2, -0.15) is 0 Å². The molecule has 4 heteroatoms. The Kier molecular flexibility index (Phi) is 4.12. The maximum absolute atomic E-state index is 9.45. The first-order valence-corrected chi connectivity index (χ1v) is 4.82. The fourth-order valence-corrected chi connectivity index (χ4v) is 1.74. The third-order valence-electron chi connectivity index (χ3n) is 2.62. The van der Waals surface area contributed by atoms with Crippen molar-refractivity contribution < 1.29 is 15.3 Å². The van der Waals surface area contributed by atoms with Crippen LogP contribution < -0.4 is 0 Å². The van der Waals surface area contributed by atoms with Crippen LogP contribution in [0.4, 0.5) is 0 Å². The van der Waals surface area contributed by atoms with Gasteiger partial charge in [0.2, 0.25) is 0 Å². The Morgan fingerprint density at radius 3 is 2.77 bits per heavy atom. The normalized spacial score (nSPS) is 33.2. The number of aliphatic hydroxyl groups is 3. The van der Waals surface area contributed by atoms with Gasteiger partial charge in [0.1, 0.15) is 0 Å². The lowest BCUT2D eigenvalue weighted by atomic mass is 9.96. The number of piperidine rings is 1. The molecule has 0 radical (unpaired) electrons. The summed E-state index contributed by atoms with van der Waals surface area (Å²) in [6.07, 6.45) is -0.0933. The van der Waals surface area contributed by atoms with E-state index in [4.69, 9.17) is 5.11 Å². The number of likely N-dealkylation sites (tertiary alicyclic amines) is 1. The van der Waals surface area contributed by atoms with Gasteiger partial charge in [0.15, 0.2) is 0 Å².